The van der Waals surface area contributed by atoms with Crippen molar-refractivity contribution in [3.05, 3.63) is 45.9 Å². The topological polar surface area (TPSA) is 169 Å². The van der Waals surface area contributed by atoms with Gasteiger partial charge < -0.3 is 20.9 Å². The number of hydrogen-bond acceptors (Lipinski definition) is 9. The molecule has 0 bridgehead atoms. The summed E-state index contributed by atoms with van der Waals surface area (Å²) in [5, 5.41) is 35.6. The third-order valence-electron chi connectivity index (χ3n) is 6.88. The SMILES string of the molecule is CC(C)(O)[C@H](F)Cn1nnc(-c2cnc(-c3ccc4cc(C#N)cnn34)cc2NC2CC(COC(N)=O)C2)c1I. The molecule has 0 aromatic carbocycles. The number of primary amides is 1. The summed E-state index contributed by atoms with van der Waals surface area (Å²) in [6, 6.07) is 9.60. The highest BCUT2D eigenvalue weighted by Crippen LogP contribution is 2.37. The molecule has 0 unspecified atom stereocenters. The molecule has 1 amide bonds. The predicted molar refractivity (Wildman–Crippen MR) is 152 cm³/mol. The molecule has 0 aliphatic heterocycles. The van der Waals surface area contributed by atoms with Gasteiger partial charge >= 0.3 is 6.09 Å². The van der Waals surface area contributed by atoms with Crippen molar-refractivity contribution in [3.63, 3.8) is 0 Å². The van der Waals surface area contributed by atoms with Crippen molar-refractivity contribution in [2.75, 3.05) is 11.9 Å². The van der Waals surface area contributed by atoms with E-state index < -0.39 is 17.9 Å². The van der Waals surface area contributed by atoms with Crippen LogP contribution in [0.1, 0.15) is 32.3 Å². The van der Waals surface area contributed by atoms with Crippen LogP contribution in [0.15, 0.2) is 36.7 Å². The molecule has 1 aliphatic carbocycles. The molecule has 5 rings (SSSR count). The quantitative estimate of drug-likeness (QED) is 0.228. The molecule has 14 heteroatoms. The number of rotatable bonds is 9. The Morgan fingerprint density at radius 1 is 1.38 bits per heavy atom. The van der Waals surface area contributed by atoms with Gasteiger partial charge in [-0.3, -0.25) is 4.98 Å². The first kappa shape index (κ1) is 27.7. The average molecular weight is 659 g/mol. The molecule has 0 spiro atoms. The van der Waals surface area contributed by atoms with Gasteiger partial charge in [0.1, 0.15) is 21.6 Å². The predicted octanol–water partition coefficient (Wildman–Crippen LogP) is 3.53. The minimum Gasteiger partial charge on any atom is -0.449 e. The van der Waals surface area contributed by atoms with E-state index in [2.05, 4.69) is 54.4 Å². The number of amides is 1. The summed E-state index contributed by atoms with van der Waals surface area (Å²) in [7, 11) is 0. The second-order valence-corrected chi connectivity index (χ2v) is 11.4. The van der Waals surface area contributed by atoms with E-state index in [0.717, 1.165) is 29.7 Å². The van der Waals surface area contributed by atoms with Gasteiger partial charge in [-0.25, -0.2) is 18.4 Å². The molecule has 1 aliphatic rings. The monoisotopic (exact) mass is 659 g/mol. The van der Waals surface area contributed by atoms with Crippen LogP contribution in [0.5, 0.6) is 0 Å². The Balaban J connectivity index is 1.48. The maximum atomic E-state index is 14.6. The molecular weight excluding hydrogens is 632 g/mol. The number of alkyl halides is 1. The van der Waals surface area contributed by atoms with Gasteiger partial charge in [0.2, 0.25) is 0 Å². The summed E-state index contributed by atoms with van der Waals surface area (Å²) in [5.74, 6) is 0.201. The zero-order valence-electron chi connectivity index (χ0n) is 21.8. The average Bonchev–Trinajstić information content (AvgIpc) is 3.47. The smallest absolute Gasteiger partial charge is 0.404 e. The Labute approximate surface area is 242 Å². The van der Waals surface area contributed by atoms with Crippen LogP contribution in [0.2, 0.25) is 0 Å². The van der Waals surface area contributed by atoms with E-state index in [0.29, 0.717) is 26.2 Å². The highest BCUT2D eigenvalue weighted by Gasteiger charge is 2.32. The normalized spacial score (nSPS) is 17.7. The van der Waals surface area contributed by atoms with Crippen LogP contribution in [0.4, 0.5) is 14.9 Å². The number of nitrogens with one attached hydrogen (secondary N) is 1. The van der Waals surface area contributed by atoms with Crippen molar-refractivity contribution in [3.8, 4) is 28.7 Å². The summed E-state index contributed by atoms with van der Waals surface area (Å²) in [4.78, 5) is 15.6. The van der Waals surface area contributed by atoms with Crippen molar-refractivity contribution in [2.24, 2.45) is 11.7 Å². The molecular formula is C26H27FIN9O3. The fourth-order valence-corrected chi connectivity index (χ4v) is 5.22. The number of anilines is 1. The van der Waals surface area contributed by atoms with Crippen molar-refractivity contribution in [1.82, 2.24) is 29.6 Å². The molecule has 1 saturated carbocycles. The van der Waals surface area contributed by atoms with Crippen molar-refractivity contribution in [2.45, 2.75) is 51.0 Å². The standard InChI is InChI=1S/C26H27FIN9O3/c1-26(2,39)22(27)12-36-24(28)23(34-35-36)18-11-31-20(21-4-3-17-7-15(9-29)10-32-37(17)21)8-19(18)33-16-5-14(6-16)13-40-25(30)38/h3-4,7-8,10-11,14,16,22,39H,5-6,12-13H2,1-2H3,(H2,30,38)(H,31,33)/t14?,16?,22-/m1/s1. The van der Waals surface area contributed by atoms with Crippen LogP contribution in [0, 0.1) is 20.9 Å². The fourth-order valence-electron chi connectivity index (χ4n) is 4.53. The number of hydrogen-bond donors (Lipinski definition) is 3. The number of nitrogens with zero attached hydrogens (tertiary/aromatic N) is 7. The fraction of sp³-hybridized carbons (Fsp3) is 0.385. The van der Waals surface area contributed by atoms with E-state index in [1.807, 2.05) is 18.2 Å². The van der Waals surface area contributed by atoms with Gasteiger partial charge in [-0.05, 0) is 79.5 Å². The third-order valence-corrected chi connectivity index (χ3v) is 7.95. The van der Waals surface area contributed by atoms with Crippen LogP contribution in [-0.4, -0.2) is 65.2 Å². The van der Waals surface area contributed by atoms with E-state index in [9.17, 15) is 19.6 Å². The van der Waals surface area contributed by atoms with E-state index in [1.54, 1.807) is 16.8 Å². The van der Waals surface area contributed by atoms with Crippen molar-refractivity contribution < 1.29 is 19.0 Å². The summed E-state index contributed by atoms with van der Waals surface area (Å²) >= 11 is 2.07. The lowest BCUT2D eigenvalue weighted by Gasteiger charge is -2.36. The Bertz CT molecular complexity index is 1600. The Morgan fingerprint density at radius 3 is 2.85 bits per heavy atom. The zero-order valence-corrected chi connectivity index (χ0v) is 23.9. The Morgan fingerprint density at radius 2 is 2.15 bits per heavy atom. The molecule has 1 atom stereocenters. The summed E-state index contributed by atoms with van der Waals surface area (Å²) in [6.45, 7) is 2.94. The van der Waals surface area contributed by atoms with Crippen LogP contribution in [0.25, 0.3) is 28.2 Å². The lowest BCUT2D eigenvalue weighted by atomic mass is 9.80. The Hall–Kier alpha value is -3.84. The minimum absolute atomic E-state index is 0.106. The third kappa shape index (κ3) is 5.70. The molecule has 12 nitrogen and oxygen atoms in total. The number of pyridine rings is 1. The van der Waals surface area contributed by atoms with E-state index in [1.165, 1.54) is 24.7 Å². The Kier molecular flexibility index (Phi) is 7.60. The number of nitrogens with two attached hydrogens (primary N) is 1. The second kappa shape index (κ2) is 11.0. The molecule has 4 aromatic rings. The number of ether oxygens (including phenoxy) is 1. The number of nitriles is 1. The van der Waals surface area contributed by atoms with Crippen LogP contribution in [-0.2, 0) is 11.3 Å². The molecule has 0 saturated heterocycles. The molecule has 4 aromatic heterocycles. The highest BCUT2D eigenvalue weighted by molar-refractivity contribution is 14.1. The molecule has 4 N–H and O–H groups in total. The van der Waals surface area contributed by atoms with Crippen LogP contribution < -0.4 is 11.1 Å². The van der Waals surface area contributed by atoms with E-state index in [-0.39, 0.29) is 25.1 Å². The maximum Gasteiger partial charge on any atom is 0.404 e. The number of fused-ring (bicyclic) bond motifs is 1. The first-order valence-corrected chi connectivity index (χ1v) is 13.6. The first-order chi connectivity index (χ1) is 19.0. The van der Waals surface area contributed by atoms with Crippen LogP contribution in [0.3, 0.4) is 0 Å². The molecule has 4 heterocycles. The van der Waals surface area contributed by atoms with Gasteiger partial charge in [0.25, 0.3) is 0 Å². The van der Waals surface area contributed by atoms with Gasteiger partial charge in [0, 0.05) is 23.5 Å². The largest absolute Gasteiger partial charge is 0.449 e. The number of aliphatic hydroxyl groups is 1. The first-order valence-electron chi connectivity index (χ1n) is 12.6. The second-order valence-electron chi connectivity index (χ2n) is 10.4. The number of halogens is 2. The molecule has 0 radical (unpaired) electrons. The summed E-state index contributed by atoms with van der Waals surface area (Å²) < 4.78 is 23.3. The van der Waals surface area contributed by atoms with Gasteiger partial charge in [0.15, 0.2) is 0 Å². The lowest BCUT2D eigenvalue weighted by Crippen LogP contribution is -2.38. The molecule has 40 heavy (non-hydrogen) atoms. The summed E-state index contributed by atoms with van der Waals surface area (Å²) in [5.41, 5.74) is 8.11. The number of carbonyl (C=O) groups excluding carboxylic acids is 1. The van der Waals surface area contributed by atoms with Gasteiger partial charge in [-0.2, -0.15) is 10.4 Å². The van der Waals surface area contributed by atoms with Crippen molar-refractivity contribution in [1.29, 1.82) is 5.26 Å². The highest BCUT2D eigenvalue weighted by atomic mass is 127. The maximum absolute atomic E-state index is 14.6. The van der Waals surface area contributed by atoms with Crippen LogP contribution >= 0.6 is 22.6 Å². The van der Waals surface area contributed by atoms with Crippen molar-refractivity contribution >= 4 is 39.9 Å². The van der Waals surface area contributed by atoms with E-state index in [4.69, 9.17) is 10.5 Å². The van der Waals surface area contributed by atoms with Gasteiger partial charge in [0.05, 0.1) is 47.4 Å². The number of carbonyl (C=O) groups is 1. The lowest BCUT2D eigenvalue weighted by molar-refractivity contribution is -0.0123. The summed E-state index contributed by atoms with van der Waals surface area (Å²) in [6.07, 6.45) is 2.40. The molecule has 208 valence electrons. The number of aromatic nitrogens is 6. The minimum atomic E-state index is -1.54. The van der Waals surface area contributed by atoms with Gasteiger partial charge in [-0.15, -0.1) is 5.10 Å². The zero-order chi connectivity index (χ0) is 28.6. The van der Waals surface area contributed by atoms with Gasteiger partial charge in [-0.1, -0.05) is 5.21 Å². The van der Waals surface area contributed by atoms with E-state index >= 15 is 0 Å². The molecule has 1 fully saturated rings.